The molecule has 0 fully saturated rings. The van der Waals surface area contributed by atoms with Crippen molar-refractivity contribution >= 4 is 32.6 Å². The molecule has 8 aromatic rings. The van der Waals surface area contributed by atoms with Gasteiger partial charge in [-0.15, -0.1) is 0 Å². The van der Waals surface area contributed by atoms with E-state index in [4.69, 9.17) is 9.97 Å². The molecule has 6 aromatic carbocycles. The lowest BCUT2D eigenvalue weighted by Crippen LogP contribution is -2.19. The first kappa shape index (κ1) is 25.0. The molecular weight excluding hydrogens is 534 g/mol. The molecule has 1 aliphatic rings. The predicted octanol–water partition coefficient (Wildman–Crippen LogP) is 10.4. The Morgan fingerprint density at radius 1 is 0.523 bits per heavy atom. The number of hydrogen-bond donors (Lipinski definition) is 0. The number of para-hydroxylation sites is 1. The molecular formula is C41H29N3. The van der Waals surface area contributed by atoms with Gasteiger partial charge in [0.05, 0.1) is 22.4 Å². The summed E-state index contributed by atoms with van der Waals surface area (Å²) in [4.78, 5) is 10.9. The van der Waals surface area contributed by atoms with Crippen molar-refractivity contribution in [3.8, 4) is 39.5 Å². The fourth-order valence-corrected chi connectivity index (χ4v) is 7.15. The van der Waals surface area contributed by atoms with Gasteiger partial charge in [-0.3, -0.25) is 4.57 Å². The summed E-state index contributed by atoms with van der Waals surface area (Å²) in [7, 11) is 0. The smallest absolute Gasteiger partial charge is 0.235 e. The molecule has 0 unspecified atom stereocenters. The third-order valence-electron chi connectivity index (χ3n) is 9.35. The molecule has 0 bridgehead atoms. The van der Waals surface area contributed by atoms with Crippen LogP contribution in [0, 0.1) is 0 Å². The Morgan fingerprint density at radius 2 is 1.18 bits per heavy atom. The van der Waals surface area contributed by atoms with E-state index in [1.165, 1.54) is 43.8 Å². The number of fused-ring (bicyclic) bond motifs is 7. The molecule has 0 aliphatic heterocycles. The van der Waals surface area contributed by atoms with E-state index in [1.807, 2.05) is 0 Å². The van der Waals surface area contributed by atoms with Gasteiger partial charge in [0.15, 0.2) is 0 Å². The zero-order valence-electron chi connectivity index (χ0n) is 24.6. The van der Waals surface area contributed by atoms with Crippen LogP contribution < -0.4 is 0 Å². The summed E-state index contributed by atoms with van der Waals surface area (Å²) in [6.45, 7) is 4.61. The van der Waals surface area contributed by atoms with Crippen LogP contribution in [0.3, 0.4) is 0 Å². The van der Waals surface area contributed by atoms with Gasteiger partial charge in [-0.05, 0) is 57.3 Å². The summed E-state index contributed by atoms with van der Waals surface area (Å²) in [6, 6.07) is 49.8. The minimum Gasteiger partial charge on any atom is -0.278 e. The average Bonchev–Trinajstić information content (AvgIpc) is 3.51. The Hall–Kier alpha value is -5.54. The number of benzene rings is 6. The highest BCUT2D eigenvalue weighted by Gasteiger charge is 2.40. The maximum absolute atomic E-state index is 5.48. The molecule has 0 saturated carbocycles. The molecule has 1 aliphatic carbocycles. The molecule has 0 amide bonds. The maximum Gasteiger partial charge on any atom is 0.235 e. The van der Waals surface area contributed by atoms with Crippen LogP contribution in [0.1, 0.15) is 25.1 Å². The van der Waals surface area contributed by atoms with Gasteiger partial charge in [0.2, 0.25) is 5.95 Å². The second-order valence-electron chi connectivity index (χ2n) is 12.3. The molecule has 0 radical (unpaired) electrons. The van der Waals surface area contributed by atoms with E-state index in [0.717, 1.165) is 33.5 Å². The van der Waals surface area contributed by atoms with Gasteiger partial charge in [-0.2, -0.15) is 0 Å². The minimum absolute atomic E-state index is 0.317. The van der Waals surface area contributed by atoms with Gasteiger partial charge in [0, 0.05) is 27.3 Å². The molecule has 2 heterocycles. The van der Waals surface area contributed by atoms with E-state index < -0.39 is 0 Å². The van der Waals surface area contributed by atoms with Gasteiger partial charge in [0.1, 0.15) is 0 Å². The predicted molar refractivity (Wildman–Crippen MR) is 182 cm³/mol. The summed E-state index contributed by atoms with van der Waals surface area (Å²) in [5.41, 5.74) is 11.1. The first-order valence-corrected chi connectivity index (χ1v) is 15.2. The molecule has 3 heteroatoms. The zero-order valence-corrected chi connectivity index (χ0v) is 24.6. The van der Waals surface area contributed by atoms with E-state index >= 15 is 0 Å². The van der Waals surface area contributed by atoms with Crippen molar-refractivity contribution in [2.45, 2.75) is 19.3 Å². The van der Waals surface area contributed by atoms with Gasteiger partial charge in [-0.1, -0.05) is 129 Å². The zero-order chi connectivity index (χ0) is 29.4. The first-order valence-electron chi connectivity index (χ1n) is 15.2. The number of aromatic nitrogens is 3. The van der Waals surface area contributed by atoms with E-state index in [1.54, 1.807) is 0 Å². The number of rotatable bonds is 3. The van der Waals surface area contributed by atoms with Crippen molar-refractivity contribution in [3.05, 3.63) is 151 Å². The van der Waals surface area contributed by atoms with Gasteiger partial charge >= 0.3 is 0 Å². The van der Waals surface area contributed by atoms with Crippen molar-refractivity contribution in [1.29, 1.82) is 0 Å². The van der Waals surface area contributed by atoms with Crippen LogP contribution in [0.4, 0.5) is 0 Å². The molecule has 0 N–H and O–H groups in total. The monoisotopic (exact) mass is 563 g/mol. The summed E-state index contributed by atoms with van der Waals surface area (Å²) >= 11 is 0. The van der Waals surface area contributed by atoms with E-state index in [9.17, 15) is 0 Å². The van der Waals surface area contributed by atoms with Crippen molar-refractivity contribution in [1.82, 2.24) is 14.5 Å². The molecule has 0 atom stereocenters. The largest absolute Gasteiger partial charge is 0.278 e. The van der Waals surface area contributed by atoms with Crippen molar-refractivity contribution in [3.63, 3.8) is 0 Å². The summed E-state index contributed by atoms with van der Waals surface area (Å²) in [5, 5.41) is 4.84. The van der Waals surface area contributed by atoms with Crippen LogP contribution in [0.25, 0.3) is 72.0 Å². The van der Waals surface area contributed by atoms with E-state index in [0.29, 0.717) is 5.95 Å². The average molecular weight is 564 g/mol. The number of hydrogen-bond acceptors (Lipinski definition) is 2. The molecule has 3 nitrogen and oxygen atoms in total. The SMILES string of the molecule is CC1(C)c2cc(-c3ccccc3)ccc2-c2c(-c3ccccc3)nc(-n3c4ccccc4c4cc5ccccc5cc43)nc21. The van der Waals surface area contributed by atoms with Crippen LogP contribution in [0.5, 0.6) is 0 Å². The van der Waals surface area contributed by atoms with Gasteiger partial charge < -0.3 is 0 Å². The molecule has 9 rings (SSSR count). The number of nitrogens with zero attached hydrogens (tertiary/aromatic N) is 3. The lowest BCUT2D eigenvalue weighted by Gasteiger charge is -2.22. The van der Waals surface area contributed by atoms with E-state index in [-0.39, 0.29) is 5.41 Å². The second-order valence-corrected chi connectivity index (χ2v) is 12.3. The van der Waals surface area contributed by atoms with Crippen LogP contribution in [-0.2, 0) is 5.41 Å². The quantitative estimate of drug-likeness (QED) is 0.214. The molecule has 208 valence electrons. The van der Waals surface area contributed by atoms with Crippen molar-refractivity contribution in [2.24, 2.45) is 0 Å². The Labute approximate surface area is 256 Å². The minimum atomic E-state index is -0.317. The van der Waals surface area contributed by atoms with Crippen molar-refractivity contribution < 1.29 is 0 Å². The summed E-state index contributed by atoms with van der Waals surface area (Å²) in [5.74, 6) is 0.702. The second kappa shape index (κ2) is 9.23. The normalized spacial score (nSPS) is 13.4. The maximum atomic E-state index is 5.48. The molecule has 0 saturated heterocycles. The standard InChI is InChI=1S/C41H29N3/c1-41(2)34-24-30(26-13-5-3-6-14-26)21-22-32(34)37-38(27-15-7-4-8-16-27)42-40(43-39(37)41)44-35-20-12-11-19-31(35)33-23-28-17-9-10-18-29(28)25-36(33)44/h3-25H,1-2H3. The Balaban J connectivity index is 1.36. The Morgan fingerprint density at radius 3 is 1.95 bits per heavy atom. The van der Waals surface area contributed by atoms with Crippen molar-refractivity contribution in [2.75, 3.05) is 0 Å². The van der Waals surface area contributed by atoms with Gasteiger partial charge in [-0.25, -0.2) is 9.97 Å². The van der Waals surface area contributed by atoms with Crippen LogP contribution in [-0.4, -0.2) is 14.5 Å². The lowest BCUT2D eigenvalue weighted by atomic mass is 9.84. The summed E-state index contributed by atoms with van der Waals surface area (Å²) < 4.78 is 2.26. The highest BCUT2D eigenvalue weighted by Crippen LogP contribution is 2.52. The third kappa shape index (κ3) is 3.56. The molecule has 0 spiro atoms. The fourth-order valence-electron chi connectivity index (χ4n) is 7.15. The highest BCUT2D eigenvalue weighted by molar-refractivity contribution is 6.13. The Kier molecular flexibility index (Phi) is 5.24. The molecule has 44 heavy (non-hydrogen) atoms. The first-order chi connectivity index (χ1) is 21.6. The third-order valence-corrected chi connectivity index (χ3v) is 9.35. The topological polar surface area (TPSA) is 30.7 Å². The Bertz CT molecular complexity index is 2400. The summed E-state index contributed by atoms with van der Waals surface area (Å²) in [6.07, 6.45) is 0. The van der Waals surface area contributed by atoms with Crippen LogP contribution in [0.15, 0.2) is 140 Å². The van der Waals surface area contributed by atoms with E-state index in [2.05, 4.69) is 158 Å². The van der Waals surface area contributed by atoms with Gasteiger partial charge in [0.25, 0.3) is 0 Å². The highest BCUT2D eigenvalue weighted by atomic mass is 15.2. The van der Waals surface area contributed by atoms with Crippen LogP contribution >= 0.6 is 0 Å². The fraction of sp³-hybridized carbons (Fsp3) is 0.0732. The van der Waals surface area contributed by atoms with Crippen LogP contribution in [0.2, 0.25) is 0 Å². The molecule has 2 aromatic heterocycles. The lowest BCUT2D eigenvalue weighted by molar-refractivity contribution is 0.633.